The van der Waals surface area contributed by atoms with Gasteiger partial charge in [-0.15, -0.1) is 0 Å². The lowest BCUT2D eigenvalue weighted by atomic mass is 9.84. The molecule has 3 heterocycles. The first-order chi connectivity index (χ1) is 18.2. The summed E-state index contributed by atoms with van der Waals surface area (Å²) < 4.78 is 31.1. The average molecular weight is 499 g/mol. The first-order valence-electron chi connectivity index (χ1n) is 11.8. The van der Waals surface area contributed by atoms with Crippen LogP contribution in [0.5, 0.6) is 28.7 Å². The monoisotopic (exact) mass is 498 g/mol. The molecule has 9 nitrogen and oxygen atoms in total. The number of ether oxygens (including phenoxy) is 5. The van der Waals surface area contributed by atoms with E-state index in [1.807, 2.05) is 65.3 Å². The minimum Gasteiger partial charge on any atom is -0.493 e. The Bertz CT molecular complexity index is 1510. The van der Waals surface area contributed by atoms with Crippen LogP contribution in [-0.2, 0) is 0 Å². The molecule has 4 aromatic rings. The van der Waals surface area contributed by atoms with Crippen molar-refractivity contribution >= 4 is 11.6 Å². The quantitative estimate of drug-likeness (QED) is 0.403. The fourth-order valence-corrected chi connectivity index (χ4v) is 5.13. The van der Waals surface area contributed by atoms with E-state index in [1.54, 1.807) is 34.8 Å². The molecule has 0 saturated heterocycles. The molecule has 0 amide bonds. The molecule has 2 atom stereocenters. The summed E-state index contributed by atoms with van der Waals surface area (Å²) in [4.78, 5) is 4.50. The van der Waals surface area contributed by atoms with Crippen molar-refractivity contribution in [2.75, 3.05) is 33.8 Å². The molecule has 0 radical (unpaired) electrons. The lowest BCUT2D eigenvalue weighted by molar-refractivity contribution is 0.221. The third kappa shape index (κ3) is 3.54. The Morgan fingerprint density at radius 3 is 2.43 bits per heavy atom. The molecule has 0 unspecified atom stereocenters. The number of nitrogens with zero attached hydrogens (tertiary/aromatic N) is 3. The van der Waals surface area contributed by atoms with E-state index in [0.29, 0.717) is 28.9 Å². The molecule has 0 aliphatic carbocycles. The van der Waals surface area contributed by atoms with Gasteiger partial charge in [0, 0.05) is 22.3 Å². The van der Waals surface area contributed by atoms with Gasteiger partial charge in [0.25, 0.3) is 0 Å². The zero-order valence-electron chi connectivity index (χ0n) is 20.9. The summed E-state index contributed by atoms with van der Waals surface area (Å²) in [6, 6.07) is 19.2. The van der Waals surface area contributed by atoms with Crippen LogP contribution in [0.15, 0.2) is 72.6 Å². The Morgan fingerprint density at radius 1 is 0.838 bits per heavy atom. The van der Waals surface area contributed by atoms with Crippen LogP contribution in [0.3, 0.4) is 0 Å². The number of fused-ring (bicyclic) bond motifs is 3. The molecule has 0 fully saturated rings. The van der Waals surface area contributed by atoms with Gasteiger partial charge in [-0.2, -0.15) is 10.1 Å². The van der Waals surface area contributed by atoms with E-state index in [0.717, 1.165) is 33.7 Å². The highest BCUT2D eigenvalue weighted by Crippen LogP contribution is 2.53. The van der Waals surface area contributed by atoms with E-state index in [9.17, 15) is 0 Å². The predicted molar refractivity (Wildman–Crippen MR) is 138 cm³/mol. The van der Waals surface area contributed by atoms with Crippen molar-refractivity contribution in [3.05, 3.63) is 89.3 Å². The number of para-hydroxylation sites is 2. The van der Waals surface area contributed by atoms with E-state index in [1.165, 1.54) is 0 Å². The number of aromatic nitrogens is 3. The Balaban J connectivity index is 1.63. The number of nitrogens with one attached hydrogen (secondary N) is 1. The second-order valence-electron chi connectivity index (χ2n) is 8.58. The largest absolute Gasteiger partial charge is 0.493 e. The van der Waals surface area contributed by atoms with E-state index in [-0.39, 0.29) is 0 Å². The molecule has 6 rings (SSSR count). The maximum atomic E-state index is 6.71. The summed E-state index contributed by atoms with van der Waals surface area (Å²) in [5, 5.41) is 8.11. The van der Waals surface area contributed by atoms with E-state index in [4.69, 9.17) is 23.7 Å². The molecule has 0 spiro atoms. The van der Waals surface area contributed by atoms with Crippen molar-refractivity contribution in [1.82, 2.24) is 14.8 Å². The molecule has 0 bridgehead atoms. The number of anilines is 1. The highest BCUT2D eigenvalue weighted by Gasteiger charge is 2.42. The van der Waals surface area contributed by atoms with Crippen LogP contribution in [0.1, 0.15) is 28.8 Å². The Labute approximate surface area is 214 Å². The molecule has 188 valence electrons. The number of benzene rings is 3. The van der Waals surface area contributed by atoms with Crippen molar-refractivity contribution in [2.24, 2.45) is 0 Å². The van der Waals surface area contributed by atoms with Crippen LogP contribution in [0.4, 0.5) is 5.95 Å². The van der Waals surface area contributed by atoms with Crippen LogP contribution < -0.4 is 29.0 Å². The normalized spacial score (nSPS) is 17.5. The van der Waals surface area contributed by atoms with Gasteiger partial charge in [-0.3, -0.25) is 0 Å². The second-order valence-corrected chi connectivity index (χ2v) is 8.58. The van der Waals surface area contributed by atoms with Crippen molar-refractivity contribution in [1.29, 1.82) is 0 Å². The molecule has 2 aliphatic heterocycles. The third-order valence-electron chi connectivity index (χ3n) is 6.76. The van der Waals surface area contributed by atoms with Crippen molar-refractivity contribution in [3.63, 3.8) is 0 Å². The number of hydrogen-bond donors (Lipinski definition) is 1. The van der Waals surface area contributed by atoms with Gasteiger partial charge in [0.15, 0.2) is 23.0 Å². The van der Waals surface area contributed by atoms with Crippen LogP contribution >= 0.6 is 0 Å². The molecule has 9 heteroatoms. The standard InChI is InChI=1S/C28H26N4O5/c1-33-20-13-12-16(14-22(20)35-3)26-23-24(17-8-5-6-10-19(17)37-26)31-28-29-15-30-32(28)25(23)18-9-7-11-21(34-2)27(18)36-4/h5-15,25-26H,1-4H3,(H,29,30,31)/t25-,26-/m1/s1. The molecular formula is C28H26N4O5. The average Bonchev–Trinajstić information content (AvgIpc) is 3.43. The second kappa shape index (κ2) is 9.09. The lowest BCUT2D eigenvalue weighted by Gasteiger charge is -2.39. The fourth-order valence-electron chi connectivity index (χ4n) is 5.13. The van der Waals surface area contributed by atoms with Gasteiger partial charge in [0.05, 0.1) is 34.1 Å². The van der Waals surface area contributed by atoms with Gasteiger partial charge < -0.3 is 29.0 Å². The molecule has 37 heavy (non-hydrogen) atoms. The smallest absolute Gasteiger partial charge is 0.226 e. The molecule has 1 aromatic heterocycles. The van der Waals surface area contributed by atoms with Crippen molar-refractivity contribution in [3.8, 4) is 28.7 Å². The maximum Gasteiger partial charge on any atom is 0.226 e. The first kappa shape index (κ1) is 22.8. The number of hydrogen-bond acceptors (Lipinski definition) is 8. The van der Waals surface area contributed by atoms with E-state index >= 15 is 0 Å². The van der Waals surface area contributed by atoms with E-state index in [2.05, 4.69) is 15.4 Å². The van der Waals surface area contributed by atoms with Crippen molar-refractivity contribution in [2.45, 2.75) is 12.1 Å². The summed E-state index contributed by atoms with van der Waals surface area (Å²) in [5.41, 5.74) is 4.58. The summed E-state index contributed by atoms with van der Waals surface area (Å²) in [6.45, 7) is 0. The summed E-state index contributed by atoms with van der Waals surface area (Å²) >= 11 is 0. The Kier molecular flexibility index (Phi) is 5.60. The predicted octanol–water partition coefficient (Wildman–Crippen LogP) is 4.87. The Hall–Kier alpha value is -4.66. The summed E-state index contributed by atoms with van der Waals surface area (Å²) in [7, 11) is 6.51. The molecule has 0 saturated carbocycles. The third-order valence-corrected chi connectivity index (χ3v) is 6.76. The van der Waals surface area contributed by atoms with Crippen LogP contribution in [0.2, 0.25) is 0 Å². The molecule has 2 aliphatic rings. The van der Waals surface area contributed by atoms with Gasteiger partial charge in [-0.05, 0) is 30.3 Å². The molecule has 3 aromatic carbocycles. The van der Waals surface area contributed by atoms with Crippen molar-refractivity contribution < 1.29 is 23.7 Å². The number of methoxy groups -OCH3 is 4. The minimum atomic E-state index is -0.476. The van der Waals surface area contributed by atoms with Gasteiger partial charge in [0.2, 0.25) is 5.95 Å². The zero-order chi connectivity index (χ0) is 25.5. The van der Waals surface area contributed by atoms with Gasteiger partial charge >= 0.3 is 0 Å². The fraction of sp³-hybridized carbons (Fsp3) is 0.214. The zero-order valence-corrected chi connectivity index (χ0v) is 20.9. The SMILES string of the molecule is COc1ccc([C@H]2Oc3ccccc3C3=C2[C@@H](c2cccc(OC)c2OC)n2ncnc2N3)cc1OC. The summed E-state index contributed by atoms with van der Waals surface area (Å²) in [5.74, 6) is 3.89. The molecular weight excluding hydrogens is 472 g/mol. The maximum absolute atomic E-state index is 6.71. The van der Waals surface area contributed by atoms with Crippen LogP contribution in [0, 0.1) is 0 Å². The highest BCUT2D eigenvalue weighted by molar-refractivity contribution is 5.85. The minimum absolute atomic E-state index is 0.398. The highest BCUT2D eigenvalue weighted by atomic mass is 16.5. The van der Waals surface area contributed by atoms with Crippen LogP contribution in [-0.4, -0.2) is 43.2 Å². The summed E-state index contributed by atoms with van der Waals surface area (Å²) in [6.07, 6.45) is 1.06. The molecule has 1 N–H and O–H groups in total. The Morgan fingerprint density at radius 2 is 1.65 bits per heavy atom. The van der Waals surface area contributed by atoms with Gasteiger partial charge in [-0.25, -0.2) is 4.68 Å². The number of rotatable bonds is 6. The lowest BCUT2D eigenvalue weighted by Crippen LogP contribution is -2.32. The first-order valence-corrected chi connectivity index (χ1v) is 11.8. The topological polar surface area (TPSA) is 88.9 Å². The van der Waals surface area contributed by atoms with E-state index < -0.39 is 12.1 Å². The van der Waals surface area contributed by atoms with Gasteiger partial charge in [-0.1, -0.05) is 30.3 Å². The van der Waals surface area contributed by atoms with Gasteiger partial charge in [0.1, 0.15) is 24.2 Å². The van der Waals surface area contributed by atoms with Crippen LogP contribution in [0.25, 0.3) is 5.70 Å².